The van der Waals surface area contributed by atoms with Gasteiger partial charge in [0.15, 0.2) is 11.6 Å². The average molecular weight is 681 g/mol. The van der Waals surface area contributed by atoms with Gasteiger partial charge in [-0.05, 0) is 59.6 Å². The van der Waals surface area contributed by atoms with E-state index in [1.54, 1.807) is 6.92 Å². The highest BCUT2D eigenvalue weighted by Gasteiger charge is 2.33. The number of para-hydroxylation sites is 1. The quantitative estimate of drug-likeness (QED) is 0.105. The Kier molecular flexibility index (Phi) is 11.5. The number of amides is 1. The summed E-state index contributed by atoms with van der Waals surface area (Å²) in [5, 5.41) is 3.90. The minimum Gasteiger partial charge on any atom is -0.361 e. The Balaban J connectivity index is 1.18. The Labute approximate surface area is 298 Å². The van der Waals surface area contributed by atoms with Crippen LogP contribution < -0.4 is 5.32 Å². The molecular formula is C44H44N2O5. The highest BCUT2D eigenvalue weighted by Crippen LogP contribution is 2.29. The predicted octanol–water partition coefficient (Wildman–Crippen LogP) is 6.79. The lowest BCUT2D eigenvalue weighted by molar-refractivity contribution is -0.140. The van der Waals surface area contributed by atoms with Gasteiger partial charge in [-0.3, -0.25) is 24.0 Å². The van der Waals surface area contributed by atoms with Crippen LogP contribution in [-0.4, -0.2) is 40.1 Å². The van der Waals surface area contributed by atoms with Gasteiger partial charge in [-0.25, -0.2) is 0 Å². The van der Waals surface area contributed by atoms with Crippen molar-refractivity contribution >= 4 is 39.9 Å². The molecule has 0 radical (unpaired) electrons. The van der Waals surface area contributed by atoms with Crippen LogP contribution in [0.25, 0.3) is 10.9 Å². The number of hydrogen-bond donors (Lipinski definition) is 2. The number of benzene rings is 4. The van der Waals surface area contributed by atoms with Gasteiger partial charge < -0.3 is 10.3 Å². The standard InChI is InChI=1S/C44H44N2O5/c1-29(22-41(48)34-24-32-16-8-9-17-33(32)25-34)44(51)46-39(26-36-28-45-38-19-11-10-18-37(36)38)42(49)27-35(23-31-14-6-3-7-15-31)43(50)40(47)21-20-30-12-4-2-5-13-30/h2-19,28-29,34-35,39,45H,20-27H2,1H3,(H,46,51)/t29-,35-,39+/m1/s1. The van der Waals surface area contributed by atoms with Crippen molar-refractivity contribution in [3.8, 4) is 0 Å². The number of aromatic nitrogens is 1. The maximum Gasteiger partial charge on any atom is 0.223 e. The Morgan fingerprint density at radius 2 is 1.33 bits per heavy atom. The molecule has 7 nitrogen and oxygen atoms in total. The van der Waals surface area contributed by atoms with Crippen molar-refractivity contribution in [2.75, 3.05) is 0 Å². The van der Waals surface area contributed by atoms with Crippen molar-refractivity contribution in [1.82, 2.24) is 10.3 Å². The molecule has 0 aliphatic heterocycles. The molecular weight excluding hydrogens is 636 g/mol. The van der Waals surface area contributed by atoms with Crippen molar-refractivity contribution < 1.29 is 24.0 Å². The zero-order chi connectivity index (χ0) is 35.7. The summed E-state index contributed by atoms with van der Waals surface area (Å²) < 4.78 is 0. The zero-order valence-electron chi connectivity index (χ0n) is 29.0. The summed E-state index contributed by atoms with van der Waals surface area (Å²) in [6.07, 6.45) is 3.95. The third-order valence-electron chi connectivity index (χ3n) is 10.2. The number of Topliss-reactive ketones (excluding diaryl/α,β-unsaturated/α-hetero) is 4. The summed E-state index contributed by atoms with van der Waals surface area (Å²) in [4.78, 5) is 71.6. The molecule has 1 amide bonds. The summed E-state index contributed by atoms with van der Waals surface area (Å²) >= 11 is 0. The first-order chi connectivity index (χ1) is 24.7. The molecule has 0 unspecified atom stereocenters. The second-order valence-corrected chi connectivity index (χ2v) is 13.9. The number of aryl methyl sites for hydroxylation is 1. The fraction of sp³-hybridized carbons (Fsp3) is 0.295. The molecule has 260 valence electrons. The fourth-order valence-corrected chi connectivity index (χ4v) is 7.22. The second-order valence-electron chi connectivity index (χ2n) is 13.9. The van der Waals surface area contributed by atoms with Crippen LogP contribution in [0.4, 0.5) is 0 Å². The van der Waals surface area contributed by atoms with E-state index in [0.717, 1.165) is 27.6 Å². The average Bonchev–Trinajstić information content (AvgIpc) is 3.78. The molecule has 0 saturated heterocycles. The van der Waals surface area contributed by atoms with Gasteiger partial charge in [0, 0.05) is 60.5 Å². The first kappa shape index (κ1) is 35.4. The first-order valence-corrected chi connectivity index (χ1v) is 17.9. The van der Waals surface area contributed by atoms with Crippen LogP contribution in [0.2, 0.25) is 0 Å². The van der Waals surface area contributed by atoms with E-state index >= 15 is 0 Å². The minimum absolute atomic E-state index is 0.0379. The molecule has 6 rings (SSSR count). The summed E-state index contributed by atoms with van der Waals surface area (Å²) in [5.41, 5.74) is 5.91. The Bertz CT molecular complexity index is 1990. The molecule has 0 fully saturated rings. The van der Waals surface area contributed by atoms with E-state index in [1.165, 1.54) is 11.1 Å². The van der Waals surface area contributed by atoms with Crippen LogP contribution >= 0.6 is 0 Å². The number of hydrogen-bond acceptors (Lipinski definition) is 5. The molecule has 3 atom stereocenters. The third-order valence-corrected chi connectivity index (χ3v) is 10.2. The van der Waals surface area contributed by atoms with Crippen LogP contribution in [0.15, 0.2) is 115 Å². The fourth-order valence-electron chi connectivity index (χ4n) is 7.22. The van der Waals surface area contributed by atoms with Crippen molar-refractivity contribution in [3.05, 3.63) is 143 Å². The van der Waals surface area contributed by atoms with Gasteiger partial charge in [-0.2, -0.15) is 0 Å². The second kappa shape index (κ2) is 16.5. The zero-order valence-corrected chi connectivity index (χ0v) is 29.0. The van der Waals surface area contributed by atoms with Crippen LogP contribution in [0.5, 0.6) is 0 Å². The predicted molar refractivity (Wildman–Crippen MR) is 198 cm³/mol. The molecule has 5 aromatic rings. The Morgan fingerprint density at radius 3 is 2.02 bits per heavy atom. The molecule has 0 spiro atoms. The molecule has 0 saturated carbocycles. The number of nitrogens with one attached hydrogen (secondary N) is 2. The van der Waals surface area contributed by atoms with E-state index in [2.05, 4.69) is 10.3 Å². The van der Waals surface area contributed by atoms with Crippen molar-refractivity contribution in [1.29, 1.82) is 0 Å². The summed E-state index contributed by atoms with van der Waals surface area (Å²) in [6.45, 7) is 1.72. The molecule has 7 heteroatoms. The third kappa shape index (κ3) is 9.03. The highest BCUT2D eigenvalue weighted by atomic mass is 16.2. The van der Waals surface area contributed by atoms with Crippen molar-refractivity contribution in [3.63, 3.8) is 0 Å². The number of fused-ring (bicyclic) bond motifs is 2. The van der Waals surface area contributed by atoms with Gasteiger partial charge in [0.25, 0.3) is 0 Å². The van der Waals surface area contributed by atoms with Gasteiger partial charge >= 0.3 is 0 Å². The number of aromatic amines is 1. The van der Waals surface area contributed by atoms with E-state index in [9.17, 15) is 24.0 Å². The summed E-state index contributed by atoms with van der Waals surface area (Å²) in [7, 11) is 0. The van der Waals surface area contributed by atoms with Crippen LogP contribution in [-0.2, 0) is 56.1 Å². The van der Waals surface area contributed by atoms with E-state index in [1.807, 2.05) is 115 Å². The summed E-state index contributed by atoms with van der Waals surface area (Å²) in [6, 6.07) is 33.7. The molecule has 1 aliphatic rings. The van der Waals surface area contributed by atoms with Crippen LogP contribution in [0.3, 0.4) is 0 Å². The topological polar surface area (TPSA) is 113 Å². The van der Waals surface area contributed by atoms with Gasteiger partial charge in [0.05, 0.1) is 6.04 Å². The van der Waals surface area contributed by atoms with Gasteiger partial charge in [-0.15, -0.1) is 0 Å². The molecule has 51 heavy (non-hydrogen) atoms. The maximum absolute atomic E-state index is 14.3. The maximum atomic E-state index is 14.3. The van der Waals surface area contributed by atoms with E-state index in [4.69, 9.17) is 0 Å². The van der Waals surface area contributed by atoms with E-state index in [0.29, 0.717) is 19.3 Å². The number of carbonyl (C=O) groups is 5. The van der Waals surface area contributed by atoms with Crippen molar-refractivity contribution in [2.45, 2.75) is 64.3 Å². The first-order valence-electron chi connectivity index (χ1n) is 17.9. The molecule has 0 bridgehead atoms. The van der Waals surface area contributed by atoms with E-state index in [-0.39, 0.29) is 55.5 Å². The molecule has 1 heterocycles. The number of carbonyl (C=O) groups excluding carboxylic acids is 5. The van der Waals surface area contributed by atoms with Gasteiger partial charge in [0.1, 0.15) is 5.78 Å². The Morgan fingerprint density at radius 1 is 0.725 bits per heavy atom. The summed E-state index contributed by atoms with van der Waals surface area (Å²) in [5.74, 6) is -3.45. The molecule has 1 aromatic heterocycles. The number of ketones is 4. The SMILES string of the molecule is C[C@H](CC(=O)C1Cc2ccccc2C1)C(=O)N[C@@H](Cc1c[nH]c2ccccc12)C(=O)C[C@@H](Cc1ccccc1)C(=O)C(=O)CCc1ccccc1. The smallest absolute Gasteiger partial charge is 0.223 e. The number of H-pyrrole nitrogens is 1. The van der Waals surface area contributed by atoms with E-state index < -0.39 is 29.4 Å². The lowest BCUT2D eigenvalue weighted by atomic mass is 9.85. The lowest BCUT2D eigenvalue weighted by Crippen LogP contribution is -2.46. The van der Waals surface area contributed by atoms with Crippen LogP contribution in [0, 0.1) is 17.8 Å². The number of rotatable bonds is 17. The molecule has 4 aromatic carbocycles. The molecule has 1 aliphatic carbocycles. The van der Waals surface area contributed by atoms with Crippen LogP contribution in [0.1, 0.15) is 54.0 Å². The van der Waals surface area contributed by atoms with Crippen molar-refractivity contribution in [2.24, 2.45) is 17.8 Å². The highest BCUT2D eigenvalue weighted by molar-refractivity contribution is 6.38. The molecule has 2 N–H and O–H groups in total. The minimum atomic E-state index is -0.963. The lowest BCUT2D eigenvalue weighted by Gasteiger charge is -2.23. The van der Waals surface area contributed by atoms with Gasteiger partial charge in [0.2, 0.25) is 11.7 Å². The normalized spacial score (nSPS) is 14.4. The largest absolute Gasteiger partial charge is 0.361 e. The van der Waals surface area contributed by atoms with Gasteiger partial charge in [-0.1, -0.05) is 110 Å². The Hall–Kier alpha value is -5.43. The monoisotopic (exact) mass is 680 g/mol.